The topological polar surface area (TPSA) is 12.0 Å². The van der Waals surface area contributed by atoms with Crippen LogP contribution in [0.5, 0.6) is 0 Å². The molecule has 0 saturated carbocycles. The summed E-state index contributed by atoms with van der Waals surface area (Å²) in [7, 11) is 0. The Morgan fingerprint density at radius 3 is 2.71 bits per heavy atom. The summed E-state index contributed by atoms with van der Waals surface area (Å²) in [6.07, 6.45) is 1.21. The molecule has 1 N–H and O–H groups in total. The lowest BCUT2D eigenvalue weighted by atomic mass is 9.96. The lowest BCUT2D eigenvalue weighted by Gasteiger charge is -2.17. The molecule has 1 aliphatic rings. The van der Waals surface area contributed by atoms with Gasteiger partial charge in [-0.05, 0) is 36.6 Å². The van der Waals surface area contributed by atoms with Crippen LogP contribution in [0.25, 0.3) is 0 Å². The molecule has 2 unspecified atom stereocenters. The quantitative estimate of drug-likeness (QED) is 0.776. The molecule has 1 nitrogen and oxygen atoms in total. The zero-order chi connectivity index (χ0) is 10.1. The molecule has 0 amide bonds. The van der Waals surface area contributed by atoms with Gasteiger partial charge in [-0.1, -0.05) is 36.2 Å². The number of rotatable bonds is 1. The second-order valence-electron chi connectivity index (χ2n) is 3.86. The Balaban J connectivity index is 2.31. The molecular weight excluding hydrogens is 217 g/mol. The number of nitrogens with one attached hydrogen (secondary N) is 1. The Labute approximate surface area is 94.4 Å². The average molecular weight is 230 g/mol. The fraction of sp³-hybridized carbons (Fsp3) is 0.455. The van der Waals surface area contributed by atoms with E-state index in [1.165, 1.54) is 12.0 Å². The lowest BCUT2D eigenvalue weighted by Crippen LogP contribution is -2.16. The molecule has 0 aromatic heterocycles. The Bertz CT molecular complexity index is 338. The first kappa shape index (κ1) is 10.3. The molecule has 0 radical (unpaired) electrons. The Morgan fingerprint density at radius 1 is 1.36 bits per heavy atom. The maximum Gasteiger partial charge on any atom is 0.0468 e. The van der Waals surface area contributed by atoms with Crippen molar-refractivity contribution in [2.24, 2.45) is 5.92 Å². The van der Waals surface area contributed by atoms with E-state index in [9.17, 15) is 0 Å². The van der Waals surface area contributed by atoms with Crippen LogP contribution >= 0.6 is 23.2 Å². The van der Waals surface area contributed by atoms with Crippen LogP contribution in [0.2, 0.25) is 10.0 Å². The number of hydrogen-bond acceptors (Lipinski definition) is 1. The SMILES string of the molecule is CC1CCNC1c1ccc(Cl)cc1Cl. The van der Waals surface area contributed by atoms with Gasteiger partial charge in [-0.25, -0.2) is 0 Å². The van der Waals surface area contributed by atoms with Crippen molar-refractivity contribution in [2.75, 3.05) is 6.54 Å². The van der Waals surface area contributed by atoms with Crippen LogP contribution < -0.4 is 5.32 Å². The third kappa shape index (κ3) is 1.90. The van der Waals surface area contributed by atoms with Crippen LogP contribution in [-0.2, 0) is 0 Å². The van der Waals surface area contributed by atoms with Gasteiger partial charge in [0.15, 0.2) is 0 Å². The highest BCUT2D eigenvalue weighted by Crippen LogP contribution is 2.34. The summed E-state index contributed by atoms with van der Waals surface area (Å²) in [6, 6.07) is 6.12. The minimum absolute atomic E-state index is 0.389. The third-order valence-corrected chi connectivity index (χ3v) is 3.39. The van der Waals surface area contributed by atoms with Gasteiger partial charge in [-0.15, -0.1) is 0 Å². The smallest absolute Gasteiger partial charge is 0.0468 e. The Kier molecular flexibility index (Phi) is 3.01. The third-order valence-electron chi connectivity index (χ3n) is 2.83. The van der Waals surface area contributed by atoms with Crippen LogP contribution in [0.1, 0.15) is 24.9 Å². The summed E-state index contributed by atoms with van der Waals surface area (Å²) in [5, 5.41) is 4.92. The normalized spacial score (nSPS) is 26.8. The van der Waals surface area contributed by atoms with E-state index in [2.05, 4.69) is 12.2 Å². The van der Waals surface area contributed by atoms with Crippen molar-refractivity contribution in [1.29, 1.82) is 0 Å². The van der Waals surface area contributed by atoms with E-state index in [1.807, 2.05) is 18.2 Å². The van der Waals surface area contributed by atoms with E-state index in [0.29, 0.717) is 17.0 Å². The van der Waals surface area contributed by atoms with E-state index >= 15 is 0 Å². The summed E-state index contributed by atoms with van der Waals surface area (Å²) < 4.78 is 0. The van der Waals surface area contributed by atoms with Gasteiger partial charge in [0, 0.05) is 16.1 Å². The highest BCUT2D eigenvalue weighted by atomic mass is 35.5. The minimum Gasteiger partial charge on any atom is -0.310 e. The van der Waals surface area contributed by atoms with Gasteiger partial charge in [-0.3, -0.25) is 0 Å². The summed E-state index contributed by atoms with van der Waals surface area (Å²) in [5.74, 6) is 0.647. The molecule has 0 aliphatic carbocycles. The van der Waals surface area contributed by atoms with E-state index < -0.39 is 0 Å². The van der Waals surface area contributed by atoms with Gasteiger partial charge in [0.1, 0.15) is 0 Å². The fourth-order valence-corrected chi connectivity index (χ4v) is 2.53. The molecule has 1 saturated heterocycles. The van der Waals surface area contributed by atoms with Crippen LogP contribution in [0, 0.1) is 5.92 Å². The Hall–Kier alpha value is -0.240. The maximum atomic E-state index is 6.15. The van der Waals surface area contributed by atoms with Crippen molar-refractivity contribution in [3.05, 3.63) is 33.8 Å². The van der Waals surface area contributed by atoms with Gasteiger partial charge in [0.05, 0.1) is 0 Å². The molecule has 0 spiro atoms. The largest absolute Gasteiger partial charge is 0.310 e. The molecule has 2 rings (SSSR count). The van der Waals surface area contributed by atoms with Gasteiger partial charge in [0.25, 0.3) is 0 Å². The summed E-state index contributed by atoms with van der Waals surface area (Å²) in [4.78, 5) is 0. The fourth-order valence-electron chi connectivity index (χ4n) is 2.00. The Morgan fingerprint density at radius 2 is 2.14 bits per heavy atom. The van der Waals surface area contributed by atoms with Crippen molar-refractivity contribution < 1.29 is 0 Å². The zero-order valence-electron chi connectivity index (χ0n) is 8.06. The van der Waals surface area contributed by atoms with E-state index in [4.69, 9.17) is 23.2 Å². The first-order valence-corrected chi connectivity index (χ1v) is 5.62. The monoisotopic (exact) mass is 229 g/mol. The van der Waals surface area contributed by atoms with Gasteiger partial charge >= 0.3 is 0 Å². The van der Waals surface area contributed by atoms with E-state index in [0.717, 1.165) is 11.6 Å². The van der Waals surface area contributed by atoms with Crippen molar-refractivity contribution >= 4 is 23.2 Å². The first-order valence-electron chi connectivity index (χ1n) is 4.87. The van der Waals surface area contributed by atoms with Crippen molar-refractivity contribution in [3.63, 3.8) is 0 Å². The van der Waals surface area contributed by atoms with Crippen molar-refractivity contribution in [2.45, 2.75) is 19.4 Å². The van der Waals surface area contributed by atoms with Crippen LogP contribution in [0.15, 0.2) is 18.2 Å². The van der Waals surface area contributed by atoms with Crippen molar-refractivity contribution in [1.82, 2.24) is 5.32 Å². The molecule has 1 heterocycles. The molecular formula is C11H13Cl2N. The predicted octanol–water partition coefficient (Wildman–Crippen LogP) is 3.66. The second-order valence-corrected chi connectivity index (χ2v) is 4.71. The number of benzene rings is 1. The maximum absolute atomic E-state index is 6.15. The van der Waals surface area contributed by atoms with Crippen molar-refractivity contribution in [3.8, 4) is 0 Å². The molecule has 76 valence electrons. The van der Waals surface area contributed by atoms with E-state index in [1.54, 1.807) is 0 Å². The summed E-state index contributed by atoms with van der Waals surface area (Å²) in [6.45, 7) is 3.32. The lowest BCUT2D eigenvalue weighted by molar-refractivity contribution is 0.504. The molecule has 1 fully saturated rings. The van der Waals surface area contributed by atoms with E-state index in [-0.39, 0.29) is 0 Å². The summed E-state index contributed by atoms with van der Waals surface area (Å²) in [5.41, 5.74) is 1.17. The van der Waals surface area contributed by atoms with Gasteiger partial charge < -0.3 is 5.32 Å². The van der Waals surface area contributed by atoms with Gasteiger partial charge in [-0.2, -0.15) is 0 Å². The standard InChI is InChI=1S/C11H13Cl2N/c1-7-4-5-14-11(7)9-3-2-8(12)6-10(9)13/h2-3,6-7,11,14H,4-5H2,1H3. The predicted molar refractivity (Wildman–Crippen MR) is 61.0 cm³/mol. The summed E-state index contributed by atoms with van der Waals surface area (Å²) >= 11 is 12.0. The molecule has 1 aliphatic heterocycles. The molecule has 14 heavy (non-hydrogen) atoms. The van der Waals surface area contributed by atoms with Crippen LogP contribution in [-0.4, -0.2) is 6.54 Å². The highest BCUT2D eigenvalue weighted by molar-refractivity contribution is 6.35. The molecule has 1 aromatic rings. The average Bonchev–Trinajstić information content (AvgIpc) is 2.52. The van der Waals surface area contributed by atoms with Crippen LogP contribution in [0.4, 0.5) is 0 Å². The molecule has 0 bridgehead atoms. The number of halogens is 2. The van der Waals surface area contributed by atoms with Gasteiger partial charge in [0.2, 0.25) is 0 Å². The highest BCUT2D eigenvalue weighted by Gasteiger charge is 2.25. The molecule has 2 atom stereocenters. The second kappa shape index (κ2) is 4.09. The molecule has 1 aromatic carbocycles. The number of hydrogen-bond donors (Lipinski definition) is 1. The van der Waals surface area contributed by atoms with Crippen LogP contribution in [0.3, 0.4) is 0 Å². The first-order chi connectivity index (χ1) is 6.68. The minimum atomic E-state index is 0.389. The molecule has 3 heteroatoms. The zero-order valence-corrected chi connectivity index (χ0v) is 9.57.